The molecule has 1 fully saturated rings. The van der Waals surface area contributed by atoms with Gasteiger partial charge >= 0.3 is 5.97 Å². The van der Waals surface area contributed by atoms with Gasteiger partial charge in [0, 0.05) is 5.02 Å². The predicted molar refractivity (Wildman–Crippen MR) is 78.6 cm³/mol. The van der Waals surface area contributed by atoms with E-state index >= 15 is 0 Å². The summed E-state index contributed by atoms with van der Waals surface area (Å²) in [6, 6.07) is 6.05. The van der Waals surface area contributed by atoms with Crippen LogP contribution in [0.5, 0.6) is 0 Å². The predicted octanol–water partition coefficient (Wildman–Crippen LogP) is 4.88. The summed E-state index contributed by atoms with van der Waals surface area (Å²) in [6.07, 6.45) is 9.88. The average Bonchev–Trinajstić information content (AvgIpc) is 2.39. The number of hydrogen-bond donors (Lipinski definition) is 1. The molecule has 19 heavy (non-hydrogen) atoms. The van der Waals surface area contributed by atoms with E-state index in [1.165, 1.54) is 37.7 Å². The van der Waals surface area contributed by atoms with E-state index in [1.54, 1.807) is 6.08 Å². The Morgan fingerprint density at radius 3 is 2.68 bits per heavy atom. The normalized spacial score (nSPS) is 16.9. The van der Waals surface area contributed by atoms with E-state index in [0.717, 1.165) is 10.6 Å². The molecule has 0 aliphatic heterocycles. The summed E-state index contributed by atoms with van der Waals surface area (Å²) in [6.45, 7) is 0. The third kappa shape index (κ3) is 4.10. The van der Waals surface area contributed by atoms with Crippen LogP contribution in [0, 0.1) is 0 Å². The average molecular weight is 279 g/mol. The minimum atomic E-state index is -0.818. The maximum absolute atomic E-state index is 10.4. The molecule has 1 saturated carbocycles. The highest BCUT2D eigenvalue weighted by Gasteiger charge is 2.17. The van der Waals surface area contributed by atoms with E-state index in [4.69, 9.17) is 16.7 Å². The first-order valence-electron chi connectivity index (χ1n) is 6.84. The van der Waals surface area contributed by atoms with Gasteiger partial charge in [0.15, 0.2) is 0 Å². The van der Waals surface area contributed by atoms with Crippen molar-refractivity contribution in [1.29, 1.82) is 0 Å². The number of rotatable bonds is 4. The maximum Gasteiger partial charge on any atom is 0.307 e. The molecule has 2 nitrogen and oxygen atoms in total. The number of carbonyl (C=O) groups is 1. The molecule has 0 heterocycles. The summed E-state index contributed by atoms with van der Waals surface area (Å²) < 4.78 is 0. The van der Waals surface area contributed by atoms with Crippen LogP contribution in [0.1, 0.15) is 55.6 Å². The second-order valence-electron chi connectivity index (χ2n) is 5.12. The van der Waals surface area contributed by atoms with Crippen molar-refractivity contribution < 1.29 is 9.90 Å². The van der Waals surface area contributed by atoms with Crippen LogP contribution in [0.4, 0.5) is 0 Å². The van der Waals surface area contributed by atoms with Crippen LogP contribution in [0.2, 0.25) is 5.02 Å². The van der Waals surface area contributed by atoms with Gasteiger partial charge in [-0.3, -0.25) is 4.79 Å². The van der Waals surface area contributed by atoms with Crippen molar-refractivity contribution in [3.63, 3.8) is 0 Å². The van der Waals surface area contributed by atoms with Crippen LogP contribution >= 0.6 is 11.6 Å². The van der Waals surface area contributed by atoms with Crippen molar-refractivity contribution in [2.75, 3.05) is 0 Å². The fourth-order valence-electron chi connectivity index (χ4n) is 2.69. The second kappa shape index (κ2) is 6.76. The van der Waals surface area contributed by atoms with E-state index in [-0.39, 0.29) is 6.42 Å². The van der Waals surface area contributed by atoms with E-state index in [2.05, 4.69) is 6.07 Å². The summed E-state index contributed by atoms with van der Waals surface area (Å²) in [4.78, 5) is 10.4. The number of benzene rings is 1. The molecule has 0 bridgehead atoms. The SMILES string of the molecule is O=C(O)C/C=C/c1ccc(C2CCCCC2)c(Cl)c1. The molecule has 2 rings (SSSR count). The number of aliphatic carboxylic acids is 1. The van der Waals surface area contributed by atoms with Gasteiger partial charge < -0.3 is 5.11 Å². The summed E-state index contributed by atoms with van der Waals surface area (Å²) in [5.74, 6) is -0.223. The Morgan fingerprint density at radius 1 is 1.32 bits per heavy atom. The van der Waals surface area contributed by atoms with E-state index in [0.29, 0.717) is 5.92 Å². The van der Waals surface area contributed by atoms with Crippen molar-refractivity contribution >= 4 is 23.6 Å². The Bertz CT molecular complexity index is 474. The summed E-state index contributed by atoms with van der Waals surface area (Å²) in [7, 11) is 0. The molecule has 0 aromatic heterocycles. The molecule has 3 heteroatoms. The van der Waals surface area contributed by atoms with Gasteiger partial charge in [-0.15, -0.1) is 0 Å². The largest absolute Gasteiger partial charge is 0.481 e. The van der Waals surface area contributed by atoms with Gasteiger partial charge in [-0.1, -0.05) is 55.1 Å². The number of carboxylic acids is 1. The van der Waals surface area contributed by atoms with Gasteiger partial charge in [-0.25, -0.2) is 0 Å². The first-order valence-corrected chi connectivity index (χ1v) is 7.22. The van der Waals surface area contributed by atoms with Crippen molar-refractivity contribution in [3.05, 3.63) is 40.4 Å². The fourth-order valence-corrected chi connectivity index (χ4v) is 3.03. The van der Waals surface area contributed by atoms with Gasteiger partial charge in [-0.2, -0.15) is 0 Å². The van der Waals surface area contributed by atoms with Crippen molar-refractivity contribution in [2.45, 2.75) is 44.4 Å². The first kappa shape index (κ1) is 14.1. The van der Waals surface area contributed by atoms with Crippen LogP contribution in [0.3, 0.4) is 0 Å². The highest BCUT2D eigenvalue weighted by atomic mass is 35.5. The van der Waals surface area contributed by atoms with Gasteiger partial charge in [0.2, 0.25) is 0 Å². The monoisotopic (exact) mass is 278 g/mol. The Balaban J connectivity index is 2.08. The fraction of sp³-hybridized carbons (Fsp3) is 0.438. The number of halogens is 1. The molecule has 0 atom stereocenters. The highest BCUT2D eigenvalue weighted by Crippen LogP contribution is 2.36. The van der Waals surface area contributed by atoms with E-state index in [1.807, 2.05) is 18.2 Å². The van der Waals surface area contributed by atoms with Crippen LogP contribution < -0.4 is 0 Å². The second-order valence-corrected chi connectivity index (χ2v) is 5.52. The molecule has 0 radical (unpaired) electrons. The molecule has 1 aromatic carbocycles. The standard InChI is InChI=1S/C16H19ClO2/c17-15-11-12(5-4-8-16(18)19)9-10-14(15)13-6-2-1-3-7-13/h4-5,9-11,13H,1-3,6-8H2,(H,18,19)/b5-4+. The molecule has 0 amide bonds. The highest BCUT2D eigenvalue weighted by molar-refractivity contribution is 6.31. The zero-order valence-electron chi connectivity index (χ0n) is 10.9. The van der Waals surface area contributed by atoms with Crippen molar-refractivity contribution in [1.82, 2.24) is 0 Å². The summed E-state index contributed by atoms with van der Waals surface area (Å²) in [5, 5.41) is 9.39. The minimum absolute atomic E-state index is 0.0436. The van der Waals surface area contributed by atoms with Gasteiger partial charge in [0.1, 0.15) is 0 Å². The molecule has 0 spiro atoms. The topological polar surface area (TPSA) is 37.3 Å². The first-order chi connectivity index (χ1) is 9.16. The van der Waals surface area contributed by atoms with Crippen molar-refractivity contribution in [2.24, 2.45) is 0 Å². The molecular formula is C16H19ClO2. The lowest BCUT2D eigenvalue weighted by molar-refractivity contribution is -0.135. The molecule has 0 saturated heterocycles. The summed E-state index contributed by atoms with van der Waals surface area (Å²) >= 11 is 6.35. The van der Waals surface area contributed by atoms with Crippen LogP contribution in [0.15, 0.2) is 24.3 Å². The molecule has 0 unspecified atom stereocenters. The smallest absolute Gasteiger partial charge is 0.307 e. The Morgan fingerprint density at radius 2 is 2.05 bits per heavy atom. The molecular weight excluding hydrogens is 260 g/mol. The van der Waals surface area contributed by atoms with Gasteiger partial charge in [-0.05, 0) is 36.0 Å². The summed E-state index contributed by atoms with van der Waals surface area (Å²) in [5.41, 5.74) is 2.21. The lowest BCUT2D eigenvalue weighted by Gasteiger charge is -2.23. The van der Waals surface area contributed by atoms with E-state index in [9.17, 15) is 4.79 Å². The zero-order chi connectivity index (χ0) is 13.7. The van der Waals surface area contributed by atoms with Crippen molar-refractivity contribution in [3.8, 4) is 0 Å². The molecule has 1 aliphatic carbocycles. The third-order valence-electron chi connectivity index (χ3n) is 3.67. The third-order valence-corrected chi connectivity index (χ3v) is 4.00. The molecule has 1 aromatic rings. The lowest BCUT2D eigenvalue weighted by atomic mass is 9.84. The van der Waals surface area contributed by atoms with Crippen LogP contribution in [0.25, 0.3) is 6.08 Å². The lowest BCUT2D eigenvalue weighted by Crippen LogP contribution is -2.05. The van der Waals surface area contributed by atoms with E-state index < -0.39 is 5.97 Å². The van der Waals surface area contributed by atoms with Crippen LogP contribution in [-0.2, 0) is 4.79 Å². The Labute approximate surface area is 119 Å². The molecule has 1 N–H and O–H groups in total. The minimum Gasteiger partial charge on any atom is -0.481 e. The number of carboxylic acid groups (broad SMARTS) is 1. The van der Waals surface area contributed by atoms with Crippen LogP contribution in [-0.4, -0.2) is 11.1 Å². The quantitative estimate of drug-likeness (QED) is 0.852. The van der Waals surface area contributed by atoms with Gasteiger partial charge in [0.05, 0.1) is 6.42 Å². The Kier molecular flexibility index (Phi) is 5.03. The zero-order valence-corrected chi connectivity index (χ0v) is 11.7. The maximum atomic E-state index is 10.4. The number of hydrogen-bond acceptors (Lipinski definition) is 1. The Hall–Kier alpha value is -1.28. The molecule has 102 valence electrons. The molecule has 1 aliphatic rings. The van der Waals surface area contributed by atoms with Gasteiger partial charge in [0.25, 0.3) is 0 Å².